The molecule has 0 spiro atoms. The molecule has 1 heteroatoms. The Hall–Kier alpha value is -0.560. The molecular formula is C12H15Br. The summed E-state index contributed by atoms with van der Waals surface area (Å²) >= 11 is 3.44. The van der Waals surface area contributed by atoms with E-state index in [1.54, 1.807) is 0 Å². The molecule has 0 saturated heterocycles. The summed E-state index contributed by atoms with van der Waals surface area (Å²) in [5.74, 6) is 0. The van der Waals surface area contributed by atoms with Crippen LogP contribution in [0, 0.1) is 0 Å². The molecule has 0 heterocycles. The second-order valence-electron chi connectivity index (χ2n) is 3.34. The summed E-state index contributed by atoms with van der Waals surface area (Å²) in [4.78, 5) is 0. The van der Waals surface area contributed by atoms with E-state index in [1.165, 1.54) is 16.7 Å². The Morgan fingerprint density at radius 2 is 1.69 bits per heavy atom. The van der Waals surface area contributed by atoms with E-state index in [4.69, 9.17) is 0 Å². The van der Waals surface area contributed by atoms with Gasteiger partial charge in [0.1, 0.15) is 0 Å². The van der Waals surface area contributed by atoms with Crippen molar-refractivity contribution in [3.63, 3.8) is 0 Å². The third-order valence-corrected chi connectivity index (χ3v) is 2.68. The van der Waals surface area contributed by atoms with Gasteiger partial charge in [-0.05, 0) is 43.5 Å². The maximum atomic E-state index is 3.44. The zero-order chi connectivity index (χ0) is 9.84. The molecule has 0 nitrogen and oxygen atoms in total. The highest BCUT2D eigenvalue weighted by Gasteiger charge is 2.00. The molecule has 0 radical (unpaired) electrons. The highest BCUT2D eigenvalue weighted by molar-refractivity contribution is 9.10. The van der Waals surface area contributed by atoms with Gasteiger partial charge in [-0.3, -0.25) is 0 Å². The fourth-order valence-electron chi connectivity index (χ4n) is 1.50. The Kier molecular flexibility index (Phi) is 3.73. The quantitative estimate of drug-likeness (QED) is 0.704. The highest BCUT2D eigenvalue weighted by atomic mass is 79.9. The average molecular weight is 239 g/mol. The predicted octanol–water partition coefficient (Wildman–Crippen LogP) is 4.65. The standard InChI is InChI=1S/C12H15Br/c1-4-12(9(2)3)10-5-7-11(13)8-6-10/h5-8H,4H2,1-3H3. The van der Waals surface area contributed by atoms with Crippen LogP contribution in [0.2, 0.25) is 0 Å². The van der Waals surface area contributed by atoms with Crippen LogP contribution in [0.5, 0.6) is 0 Å². The van der Waals surface area contributed by atoms with E-state index in [-0.39, 0.29) is 0 Å². The molecule has 1 aromatic carbocycles. The molecule has 0 aliphatic rings. The first-order valence-electron chi connectivity index (χ1n) is 4.57. The first-order chi connectivity index (χ1) is 6.15. The highest BCUT2D eigenvalue weighted by Crippen LogP contribution is 2.23. The topological polar surface area (TPSA) is 0 Å². The second-order valence-corrected chi connectivity index (χ2v) is 4.25. The molecule has 0 N–H and O–H groups in total. The summed E-state index contributed by atoms with van der Waals surface area (Å²) in [6, 6.07) is 8.51. The molecule has 0 saturated carbocycles. The van der Waals surface area contributed by atoms with Crippen molar-refractivity contribution in [3.8, 4) is 0 Å². The zero-order valence-electron chi connectivity index (χ0n) is 8.39. The molecule has 1 aromatic rings. The Labute approximate surface area is 88.8 Å². The van der Waals surface area contributed by atoms with E-state index in [0.29, 0.717) is 0 Å². The van der Waals surface area contributed by atoms with E-state index < -0.39 is 0 Å². The summed E-state index contributed by atoms with van der Waals surface area (Å²) in [7, 11) is 0. The zero-order valence-corrected chi connectivity index (χ0v) is 9.98. The molecule has 0 atom stereocenters. The lowest BCUT2D eigenvalue weighted by molar-refractivity contribution is 1.19. The summed E-state index contributed by atoms with van der Waals surface area (Å²) < 4.78 is 1.14. The van der Waals surface area contributed by atoms with Crippen LogP contribution in [-0.2, 0) is 0 Å². The second kappa shape index (κ2) is 4.61. The Morgan fingerprint density at radius 3 is 2.08 bits per heavy atom. The van der Waals surface area contributed by atoms with Crippen molar-refractivity contribution >= 4 is 21.5 Å². The van der Waals surface area contributed by atoms with Crippen LogP contribution in [0.15, 0.2) is 34.3 Å². The van der Waals surface area contributed by atoms with Crippen molar-refractivity contribution in [1.82, 2.24) is 0 Å². The Bertz CT molecular complexity index is 302. The summed E-state index contributed by atoms with van der Waals surface area (Å²) in [6.45, 7) is 6.53. The van der Waals surface area contributed by atoms with Crippen LogP contribution in [0.3, 0.4) is 0 Å². The molecule has 1 rings (SSSR count). The van der Waals surface area contributed by atoms with Gasteiger partial charge in [0, 0.05) is 4.47 Å². The number of halogens is 1. The van der Waals surface area contributed by atoms with E-state index in [0.717, 1.165) is 10.9 Å². The third kappa shape index (κ3) is 2.70. The predicted molar refractivity (Wildman–Crippen MR) is 62.7 cm³/mol. The van der Waals surface area contributed by atoms with Gasteiger partial charge >= 0.3 is 0 Å². The lowest BCUT2D eigenvalue weighted by atomic mass is 9.99. The first kappa shape index (κ1) is 10.5. The van der Waals surface area contributed by atoms with Crippen molar-refractivity contribution < 1.29 is 0 Å². The first-order valence-corrected chi connectivity index (χ1v) is 5.36. The molecule has 0 unspecified atom stereocenters. The van der Waals surface area contributed by atoms with Gasteiger partial charge in [0.25, 0.3) is 0 Å². The molecule has 13 heavy (non-hydrogen) atoms. The minimum Gasteiger partial charge on any atom is -0.0726 e. The molecular weight excluding hydrogens is 224 g/mol. The van der Waals surface area contributed by atoms with Gasteiger partial charge in [-0.25, -0.2) is 0 Å². The summed E-state index contributed by atoms with van der Waals surface area (Å²) in [5, 5.41) is 0. The van der Waals surface area contributed by atoms with Crippen LogP contribution in [-0.4, -0.2) is 0 Å². The van der Waals surface area contributed by atoms with Gasteiger partial charge in [0.05, 0.1) is 0 Å². The molecule has 0 fully saturated rings. The smallest absolute Gasteiger partial charge is 0.0175 e. The number of hydrogen-bond acceptors (Lipinski definition) is 0. The van der Waals surface area contributed by atoms with Crippen molar-refractivity contribution in [3.05, 3.63) is 39.9 Å². The van der Waals surface area contributed by atoms with Gasteiger partial charge in [0.15, 0.2) is 0 Å². The molecule has 0 aliphatic heterocycles. The fourth-order valence-corrected chi connectivity index (χ4v) is 1.76. The number of benzene rings is 1. The van der Waals surface area contributed by atoms with Gasteiger partial charge < -0.3 is 0 Å². The Morgan fingerprint density at radius 1 is 1.15 bits per heavy atom. The maximum absolute atomic E-state index is 3.44. The average Bonchev–Trinajstić information content (AvgIpc) is 2.09. The molecule has 0 amide bonds. The van der Waals surface area contributed by atoms with E-state index in [1.807, 2.05) is 0 Å². The largest absolute Gasteiger partial charge is 0.0726 e. The van der Waals surface area contributed by atoms with E-state index in [2.05, 4.69) is 61.0 Å². The maximum Gasteiger partial charge on any atom is 0.0175 e. The van der Waals surface area contributed by atoms with Crippen molar-refractivity contribution in [2.24, 2.45) is 0 Å². The molecule has 0 aromatic heterocycles. The molecule has 0 bridgehead atoms. The van der Waals surface area contributed by atoms with Gasteiger partial charge in [-0.1, -0.05) is 40.6 Å². The van der Waals surface area contributed by atoms with Crippen molar-refractivity contribution in [2.75, 3.05) is 0 Å². The summed E-state index contributed by atoms with van der Waals surface area (Å²) in [6.07, 6.45) is 1.10. The molecule has 70 valence electrons. The van der Waals surface area contributed by atoms with E-state index in [9.17, 15) is 0 Å². The van der Waals surface area contributed by atoms with Crippen LogP contribution >= 0.6 is 15.9 Å². The lowest BCUT2D eigenvalue weighted by Crippen LogP contribution is -1.85. The van der Waals surface area contributed by atoms with Gasteiger partial charge in [-0.15, -0.1) is 0 Å². The SMILES string of the molecule is CCC(=C(C)C)c1ccc(Br)cc1. The van der Waals surface area contributed by atoms with Crippen molar-refractivity contribution in [1.29, 1.82) is 0 Å². The van der Waals surface area contributed by atoms with Crippen molar-refractivity contribution in [2.45, 2.75) is 27.2 Å². The minimum absolute atomic E-state index is 1.10. The van der Waals surface area contributed by atoms with Crippen LogP contribution in [0.25, 0.3) is 5.57 Å². The third-order valence-electron chi connectivity index (χ3n) is 2.15. The Balaban J connectivity index is 3.07. The fraction of sp³-hybridized carbons (Fsp3) is 0.333. The monoisotopic (exact) mass is 238 g/mol. The van der Waals surface area contributed by atoms with Gasteiger partial charge in [-0.2, -0.15) is 0 Å². The molecule has 0 aliphatic carbocycles. The van der Waals surface area contributed by atoms with Crippen LogP contribution in [0.4, 0.5) is 0 Å². The lowest BCUT2D eigenvalue weighted by Gasteiger charge is -2.07. The number of allylic oxidation sites excluding steroid dienone is 2. The van der Waals surface area contributed by atoms with Crippen LogP contribution in [0.1, 0.15) is 32.8 Å². The van der Waals surface area contributed by atoms with Gasteiger partial charge in [0.2, 0.25) is 0 Å². The minimum atomic E-state index is 1.10. The normalized spacial score (nSPS) is 9.85. The summed E-state index contributed by atoms with van der Waals surface area (Å²) in [5.41, 5.74) is 4.20. The number of hydrogen-bond donors (Lipinski definition) is 0. The van der Waals surface area contributed by atoms with E-state index >= 15 is 0 Å². The van der Waals surface area contributed by atoms with Crippen LogP contribution < -0.4 is 0 Å². The number of rotatable bonds is 2.